The van der Waals surface area contributed by atoms with Crippen molar-refractivity contribution in [2.45, 2.75) is 6.54 Å². The predicted octanol–water partition coefficient (Wildman–Crippen LogP) is 3.21. The third kappa shape index (κ3) is 4.30. The van der Waals surface area contributed by atoms with E-state index in [1.54, 1.807) is 53.6 Å². The second-order valence-corrected chi connectivity index (χ2v) is 5.75. The molecule has 5 heteroatoms. The third-order valence-electron chi connectivity index (χ3n) is 3.10. The lowest BCUT2D eigenvalue weighted by Crippen LogP contribution is -2.23. The molecule has 22 heavy (non-hydrogen) atoms. The molecule has 0 N–H and O–H groups in total. The summed E-state index contributed by atoms with van der Waals surface area (Å²) < 4.78 is 4.64. The first kappa shape index (κ1) is 16.0. The van der Waals surface area contributed by atoms with E-state index in [2.05, 4.69) is 4.74 Å². The summed E-state index contributed by atoms with van der Waals surface area (Å²) in [4.78, 5) is 26.2. The first-order valence-electron chi connectivity index (χ1n) is 6.74. The molecule has 1 aromatic carbocycles. The first-order chi connectivity index (χ1) is 10.6. The van der Waals surface area contributed by atoms with E-state index in [1.807, 2.05) is 17.5 Å². The van der Waals surface area contributed by atoms with Crippen LogP contribution in [-0.4, -0.2) is 30.9 Å². The number of rotatable bonds is 5. The van der Waals surface area contributed by atoms with Gasteiger partial charge in [0, 0.05) is 18.0 Å². The van der Waals surface area contributed by atoms with Crippen LogP contribution in [0.15, 0.2) is 47.9 Å². The monoisotopic (exact) mass is 315 g/mol. The van der Waals surface area contributed by atoms with E-state index in [4.69, 9.17) is 0 Å². The van der Waals surface area contributed by atoms with Gasteiger partial charge in [0.05, 0.1) is 19.2 Å². The zero-order chi connectivity index (χ0) is 15.9. The molecule has 0 spiro atoms. The fourth-order valence-corrected chi connectivity index (χ4v) is 2.61. The Bertz CT molecular complexity index is 660. The quantitative estimate of drug-likeness (QED) is 0.629. The van der Waals surface area contributed by atoms with Crippen molar-refractivity contribution in [3.05, 3.63) is 63.9 Å². The van der Waals surface area contributed by atoms with Crippen molar-refractivity contribution < 1.29 is 14.3 Å². The van der Waals surface area contributed by atoms with Gasteiger partial charge in [-0.2, -0.15) is 0 Å². The number of carbonyl (C=O) groups excluding carboxylic acids is 2. The summed E-state index contributed by atoms with van der Waals surface area (Å²) >= 11 is 1.63. The highest BCUT2D eigenvalue weighted by atomic mass is 32.1. The molecule has 1 aromatic heterocycles. The van der Waals surface area contributed by atoms with Crippen molar-refractivity contribution in [2.24, 2.45) is 0 Å². The van der Waals surface area contributed by atoms with Crippen LogP contribution in [0.3, 0.4) is 0 Å². The molecule has 2 aromatic rings. The van der Waals surface area contributed by atoms with Gasteiger partial charge in [-0.1, -0.05) is 18.2 Å². The summed E-state index contributed by atoms with van der Waals surface area (Å²) in [6.45, 7) is 0.599. The molecule has 0 radical (unpaired) electrons. The Morgan fingerprint density at radius 2 is 1.95 bits per heavy atom. The van der Waals surface area contributed by atoms with Crippen LogP contribution in [0.1, 0.15) is 20.8 Å². The number of esters is 1. The van der Waals surface area contributed by atoms with Crippen molar-refractivity contribution >= 4 is 29.3 Å². The van der Waals surface area contributed by atoms with E-state index in [1.165, 1.54) is 13.2 Å². The maximum atomic E-state index is 12.0. The van der Waals surface area contributed by atoms with E-state index in [0.717, 1.165) is 10.4 Å². The highest BCUT2D eigenvalue weighted by molar-refractivity contribution is 7.09. The molecule has 0 fully saturated rings. The summed E-state index contributed by atoms with van der Waals surface area (Å²) in [5.74, 6) is -0.437. The van der Waals surface area contributed by atoms with E-state index < -0.39 is 0 Å². The van der Waals surface area contributed by atoms with Crippen molar-refractivity contribution in [3.63, 3.8) is 0 Å². The number of thiophene rings is 1. The van der Waals surface area contributed by atoms with Crippen molar-refractivity contribution in [1.82, 2.24) is 4.90 Å². The average Bonchev–Trinajstić information content (AvgIpc) is 3.05. The number of hydrogen-bond acceptors (Lipinski definition) is 4. The second-order valence-electron chi connectivity index (χ2n) is 4.72. The largest absolute Gasteiger partial charge is 0.465 e. The Hall–Kier alpha value is -2.40. The molecule has 0 aliphatic rings. The number of amides is 1. The smallest absolute Gasteiger partial charge is 0.337 e. The maximum Gasteiger partial charge on any atom is 0.337 e. The summed E-state index contributed by atoms with van der Waals surface area (Å²) in [6.07, 6.45) is 3.26. The van der Waals surface area contributed by atoms with Crippen LogP contribution in [0.2, 0.25) is 0 Å². The minimum atomic E-state index is -0.373. The molecule has 0 bridgehead atoms. The number of carbonyl (C=O) groups is 2. The average molecular weight is 315 g/mol. The van der Waals surface area contributed by atoms with Gasteiger partial charge in [0.2, 0.25) is 5.91 Å². The number of ether oxygens (including phenoxy) is 1. The molecule has 1 heterocycles. The first-order valence-corrected chi connectivity index (χ1v) is 7.62. The van der Waals surface area contributed by atoms with Crippen LogP contribution in [0, 0.1) is 0 Å². The van der Waals surface area contributed by atoms with Crippen molar-refractivity contribution in [3.8, 4) is 0 Å². The minimum absolute atomic E-state index is 0.0644. The molecular formula is C17H17NO3S. The van der Waals surface area contributed by atoms with Gasteiger partial charge in [-0.05, 0) is 35.2 Å². The number of nitrogens with zero attached hydrogens (tertiary/aromatic N) is 1. The van der Waals surface area contributed by atoms with Gasteiger partial charge in [-0.15, -0.1) is 11.3 Å². The second kappa shape index (κ2) is 7.56. The van der Waals surface area contributed by atoms with Crippen LogP contribution < -0.4 is 0 Å². The Morgan fingerprint density at radius 1 is 1.23 bits per heavy atom. The third-order valence-corrected chi connectivity index (χ3v) is 3.96. The van der Waals surface area contributed by atoms with Gasteiger partial charge in [0.25, 0.3) is 0 Å². The fourth-order valence-electron chi connectivity index (χ4n) is 1.86. The van der Waals surface area contributed by atoms with Crippen LogP contribution in [-0.2, 0) is 16.1 Å². The van der Waals surface area contributed by atoms with Gasteiger partial charge in [0.1, 0.15) is 0 Å². The fraction of sp³-hybridized carbons (Fsp3) is 0.176. The van der Waals surface area contributed by atoms with E-state index >= 15 is 0 Å². The van der Waals surface area contributed by atoms with Gasteiger partial charge in [-0.3, -0.25) is 4.79 Å². The Kier molecular flexibility index (Phi) is 5.49. The van der Waals surface area contributed by atoms with Crippen LogP contribution in [0.25, 0.3) is 6.08 Å². The molecular weight excluding hydrogens is 298 g/mol. The summed E-state index contributed by atoms with van der Waals surface area (Å²) in [6, 6.07) is 10.9. The van der Waals surface area contributed by atoms with Gasteiger partial charge < -0.3 is 9.64 Å². The van der Waals surface area contributed by atoms with Gasteiger partial charge in [0.15, 0.2) is 0 Å². The van der Waals surface area contributed by atoms with Gasteiger partial charge >= 0.3 is 5.97 Å². The lowest BCUT2D eigenvalue weighted by molar-refractivity contribution is -0.125. The Morgan fingerprint density at radius 3 is 2.55 bits per heavy atom. The van der Waals surface area contributed by atoms with Crippen molar-refractivity contribution in [2.75, 3.05) is 14.2 Å². The van der Waals surface area contributed by atoms with Gasteiger partial charge in [-0.25, -0.2) is 4.79 Å². The minimum Gasteiger partial charge on any atom is -0.465 e. The Labute approximate surface area is 133 Å². The SMILES string of the molecule is COC(=O)c1ccc(C=CC(=O)N(C)Cc2cccs2)cc1. The van der Waals surface area contributed by atoms with Crippen LogP contribution in [0.4, 0.5) is 0 Å². The molecule has 0 aliphatic heterocycles. The number of benzene rings is 1. The van der Waals surface area contributed by atoms with E-state index in [9.17, 15) is 9.59 Å². The maximum absolute atomic E-state index is 12.0. The zero-order valence-electron chi connectivity index (χ0n) is 12.5. The molecule has 0 atom stereocenters. The highest BCUT2D eigenvalue weighted by Crippen LogP contribution is 2.12. The zero-order valence-corrected chi connectivity index (χ0v) is 13.3. The van der Waals surface area contributed by atoms with E-state index in [-0.39, 0.29) is 11.9 Å². The molecule has 0 saturated carbocycles. The normalized spacial score (nSPS) is 10.6. The summed E-state index contributed by atoms with van der Waals surface area (Å²) in [7, 11) is 3.12. The molecule has 0 unspecified atom stereocenters. The summed E-state index contributed by atoms with van der Waals surface area (Å²) in [5, 5.41) is 1.99. The Balaban J connectivity index is 1.95. The van der Waals surface area contributed by atoms with Crippen LogP contribution in [0.5, 0.6) is 0 Å². The number of hydrogen-bond donors (Lipinski definition) is 0. The molecule has 0 aliphatic carbocycles. The topological polar surface area (TPSA) is 46.6 Å². The number of likely N-dealkylation sites (N-methyl/N-ethyl adjacent to an activating group) is 1. The lowest BCUT2D eigenvalue weighted by Gasteiger charge is -2.13. The molecule has 0 saturated heterocycles. The molecule has 4 nitrogen and oxygen atoms in total. The molecule has 2 rings (SSSR count). The standard InChI is InChI=1S/C17H17NO3S/c1-18(12-15-4-3-11-22-15)16(19)10-7-13-5-8-14(9-6-13)17(20)21-2/h3-11H,12H2,1-2H3. The lowest BCUT2D eigenvalue weighted by atomic mass is 10.1. The van der Waals surface area contributed by atoms with E-state index in [0.29, 0.717) is 12.1 Å². The molecule has 1 amide bonds. The number of methoxy groups -OCH3 is 1. The molecule has 114 valence electrons. The predicted molar refractivity (Wildman–Crippen MR) is 87.6 cm³/mol. The highest BCUT2D eigenvalue weighted by Gasteiger charge is 2.07. The summed E-state index contributed by atoms with van der Waals surface area (Å²) in [5.41, 5.74) is 1.34. The van der Waals surface area contributed by atoms with Crippen molar-refractivity contribution in [1.29, 1.82) is 0 Å². The van der Waals surface area contributed by atoms with Crippen LogP contribution >= 0.6 is 11.3 Å².